The quantitative estimate of drug-likeness (QED) is 0.818. The Kier molecular flexibility index (Phi) is 6.47. The Labute approximate surface area is 129 Å². The second-order valence-corrected chi connectivity index (χ2v) is 7.42. The third kappa shape index (κ3) is 7.14. The van der Waals surface area contributed by atoms with Crippen LogP contribution in [-0.4, -0.2) is 53.5 Å². The van der Waals surface area contributed by atoms with E-state index in [1.165, 1.54) is 0 Å². The molecule has 1 aliphatic heterocycles. The van der Waals surface area contributed by atoms with Gasteiger partial charge in [0, 0.05) is 19.6 Å². The molecule has 0 aromatic rings. The molecular weight excluding hydrogens is 268 g/mol. The summed E-state index contributed by atoms with van der Waals surface area (Å²) in [6.45, 7) is 12.4. The molecule has 124 valence electrons. The standard InChI is InChI=1S/C16H32N2O3/c1-6-16(5,20)12-17-10-13-8-7-9-18(11-13)14(19)21-15(2,3)4/h13,17,20H,6-12H2,1-5H3. The highest BCUT2D eigenvalue weighted by Gasteiger charge is 2.27. The Balaban J connectivity index is 2.37. The summed E-state index contributed by atoms with van der Waals surface area (Å²) >= 11 is 0. The smallest absolute Gasteiger partial charge is 0.410 e. The number of hydrogen-bond acceptors (Lipinski definition) is 4. The number of rotatable bonds is 5. The Hall–Kier alpha value is -0.810. The first-order chi connectivity index (χ1) is 9.63. The van der Waals surface area contributed by atoms with E-state index in [-0.39, 0.29) is 6.09 Å². The molecule has 5 heteroatoms. The normalized spacial score (nSPS) is 22.8. The van der Waals surface area contributed by atoms with Crippen molar-refractivity contribution in [3.8, 4) is 0 Å². The maximum absolute atomic E-state index is 12.1. The third-order valence-electron chi connectivity index (χ3n) is 3.87. The largest absolute Gasteiger partial charge is 0.444 e. The second kappa shape index (κ2) is 7.45. The van der Waals surface area contributed by atoms with E-state index in [0.717, 1.165) is 38.9 Å². The average molecular weight is 300 g/mol. The predicted molar refractivity (Wildman–Crippen MR) is 84.3 cm³/mol. The molecule has 0 bridgehead atoms. The molecule has 1 amide bonds. The zero-order chi connectivity index (χ0) is 16.1. The van der Waals surface area contributed by atoms with Crippen LogP contribution in [0.15, 0.2) is 0 Å². The first-order valence-electron chi connectivity index (χ1n) is 8.04. The molecule has 2 unspecified atom stereocenters. The van der Waals surface area contributed by atoms with Crippen LogP contribution in [0.5, 0.6) is 0 Å². The number of nitrogens with one attached hydrogen (secondary N) is 1. The zero-order valence-corrected chi connectivity index (χ0v) is 14.2. The van der Waals surface area contributed by atoms with Crippen LogP contribution in [-0.2, 0) is 4.74 Å². The van der Waals surface area contributed by atoms with Crippen molar-refractivity contribution in [2.24, 2.45) is 5.92 Å². The van der Waals surface area contributed by atoms with Gasteiger partial charge in [-0.25, -0.2) is 4.79 Å². The van der Waals surface area contributed by atoms with Crippen molar-refractivity contribution in [3.05, 3.63) is 0 Å². The number of amides is 1. The number of hydrogen-bond donors (Lipinski definition) is 2. The van der Waals surface area contributed by atoms with Gasteiger partial charge in [-0.05, 0) is 59.4 Å². The van der Waals surface area contributed by atoms with Crippen LogP contribution >= 0.6 is 0 Å². The van der Waals surface area contributed by atoms with Crippen molar-refractivity contribution in [2.45, 2.75) is 65.1 Å². The van der Waals surface area contributed by atoms with Crippen molar-refractivity contribution in [2.75, 3.05) is 26.2 Å². The number of ether oxygens (including phenoxy) is 1. The lowest BCUT2D eigenvalue weighted by Gasteiger charge is -2.34. The molecule has 1 fully saturated rings. The van der Waals surface area contributed by atoms with E-state index in [2.05, 4.69) is 5.32 Å². The van der Waals surface area contributed by atoms with Crippen molar-refractivity contribution in [1.82, 2.24) is 10.2 Å². The van der Waals surface area contributed by atoms with E-state index in [0.29, 0.717) is 12.5 Å². The van der Waals surface area contributed by atoms with Crippen LogP contribution in [0.2, 0.25) is 0 Å². The van der Waals surface area contributed by atoms with Crippen LogP contribution in [0.1, 0.15) is 53.9 Å². The minimum Gasteiger partial charge on any atom is -0.444 e. The van der Waals surface area contributed by atoms with E-state index in [4.69, 9.17) is 4.74 Å². The first kappa shape index (κ1) is 18.2. The molecule has 0 saturated carbocycles. The molecule has 1 rings (SSSR count). The maximum atomic E-state index is 12.1. The van der Waals surface area contributed by atoms with E-state index >= 15 is 0 Å². The number of carbonyl (C=O) groups excluding carboxylic acids is 1. The number of nitrogens with zero attached hydrogens (tertiary/aromatic N) is 1. The topological polar surface area (TPSA) is 61.8 Å². The summed E-state index contributed by atoms with van der Waals surface area (Å²) in [4.78, 5) is 13.9. The summed E-state index contributed by atoms with van der Waals surface area (Å²) < 4.78 is 5.43. The van der Waals surface area contributed by atoms with Gasteiger partial charge < -0.3 is 20.1 Å². The number of carbonyl (C=O) groups is 1. The Morgan fingerprint density at radius 3 is 2.62 bits per heavy atom. The minimum atomic E-state index is -0.653. The summed E-state index contributed by atoms with van der Waals surface area (Å²) in [7, 11) is 0. The Morgan fingerprint density at radius 2 is 2.05 bits per heavy atom. The SMILES string of the molecule is CCC(C)(O)CNCC1CCCN(C(=O)OC(C)(C)C)C1. The number of aliphatic hydroxyl groups is 1. The van der Waals surface area contributed by atoms with E-state index < -0.39 is 11.2 Å². The summed E-state index contributed by atoms with van der Waals surface area (Å²) in [5.41, 5.74) is -1.10. The highest BCUT2D eigenvalue weighted by Crippen LogP contribution is 2.19. The molecule has 21 heavy (non-hydrogen) atoms. The van der Waals surface area contributed by atoms with Gasteiger partial charge >= 0.3 is 6.09 Å². The van der Waals surface area contributed by atoms with Crippen molar-refractivity contribution < 1.29 is 14.6 Å². The molecule has 1 aliphatic rings. The van der Waals surface area contributed by atoms with Gasteiger partial charge in [-0.1, -0.05) is 6.92 Å². The van der Waals surface area contributed by atoms with Crippen LogP contribution in [0, 0.1) is 5.92 Å². The van der Waals surface area contributed by atoms with E-state index in [1.54, 1.807) is 4.90 Å². The third-order valence-corrected chi connectivity index (χ3v) is 3.87. The Morgan fingerprint density at radius 1 is 1.38 bits per heavy atom. The fourth-order valence-electron chi connectivity index (χ4n) is 2.39. The lowest BCUT2D eigenvalue weighted by molar-refractivity contribution is 0.0156. The molecule has 0 spiro atoms. The lowest BCUT2D eigenvalue weighted by Crippen LogP contribution is -2.46. The highest BCUT2D eigenvalue weighted by atomic mass is 16.6. The molecule has 1 saturated heterocycles. The van der Waals surface area contributed by atoms with Crippen LogP contribution < -0.4 is 5.32 Å². The molecule has 0 radical (unpaired) electrons. The van der Waals surface area contributed by atoms with Crippen LogP contribution in [0.25, 0.3) is 0 Å². The van der Waals surface area contributed by atoms with Gasteiger partial charge in [0.1, 0.15) is 5.60 Å². The van der Waals surface area contributed by atoms with Gasteiger partial charge in [0.05, 0.1) is 5.60 Å². The molecule has 2 N–H and O–H groups in total. The second-order valence-electron chi connectivity index (χ2n) is 7.42. The van der Waals surface area contributed by atoms with Gasteiger partial charge in [-0.2, -0.15) is 0 Å². The molecule has 0 aromatic carbocycles. The first-order valence-corrected chi connectivity index (χ1v) is 8.04. The molecule has 0 aliphatic carbocycles. The number of likely N-dealkylation sites (tertiary alicyclic amines) is 1. The van der Waals surface area contributed by atoms with Gasteiger partial charge in [-0.15, -0.1) is 0 Å². The van der Waals surface area contributed by atoms with Crippen molar-refractivity contribution in [3.63, 3.8) is 0 Å². The molecule has 2 atom stereocenters. The highest BCUT2D eigenvalue weighted by molar-refractivity contribution is 5.68. The average Bonchev–Trinajstić information content (AvgIpc) is 2.37. The van der Waals surface area contributed by atoms with Gasteiger partial charge in [-0.3, -0.25) is 0 Å². The van der Waals surface area contributed by atoms with Crippen LogP contribution in [0.4, 0.5) is 4.79 Å². The molecule has 1 heterocycles. The molecule has 0 aromatic heterocycles. The summed E-state index contributed by atoms with van der Waals surface area (Å²) in [5, 5.41) is 13.3. The summed E-state index contributed by atoms with van der Waals surface area (Å²) in [6, 6.07) is 0. The fourth-order valence-corrected chi connectivity index (χ4v) is 2.39. The molecular formula is C16H32N2O3. The number of piperidine rings is 1. The summed E-state index contributed by atoms with van der Waals surface area (Å²) in [5.74, 6) is 0.430. The van der Waals surface area contributed by atoms with E-state index in [9.17, 15) is 9.90 Å². The maximum Gasteiger partial charge on any atom is 0.410 e. The summed E-state index contributed by atoms with van der Waals surface area (Å²) in [6.07, 6.45) is 2.64. The van der Waals surface area contributed by atoms with Crippen molar-refractivity contribution >= 4 is 6.09 Å². The molecule has 5 nitrogen and oxygen atoms in total. The predicted octanol–water partition coefficient (Wildman–Crippen LogP) is 2.38. The van der Waals surface area contributed by atoms with Gasteiger partial charge in [0.25, 0.3) is 0 Å². The minimum absolute atomic E-state index is 0.215. The Bertz CT molecular complexity index is 337. The van der Waals surface area contributed by atoms with E-state index in [1.807, 2.05) is 34.6 Å². The van der Waals surface area contributed by atoms with Gasteiger partial charge in [0.2, 0.25) is 0 Å². The monoisotopic (exact) mass is 300 g/mol. The zero-order valence-electron chi connectivity index (χ0n) is 14.2. The van der Waals surface area contributed by atoms with Gasteiger partial charge in [0.15, 0.2) is 0 Å². The van der Waals surface area contributed by atoms with Crippen molar-refractivity contribution in [1.29, 1.82) is 0 Å². The lowest BCUT2D eigenvalue weighted by atomic mass is 9.97. The fraction of sp³-hybridized carbons (Fsp3) is 0.938. The van der Waals surface area contributed by atoms with Crippen LogP contribution in [0.3, 0.4) is 0 Å².